The Morgan fingerprint density at radius 1 is 0.333 bits per heavy atom. The van der Waals surface area contributed by atoms with Gasteiger partial charge in [0.2, 0.25) is 11.8 Å². The molecule has 2 amide bonds. The number of amides is 2. The van der Waals surface area contributed by atoms with Crippen LogP contribution in [0.4, 0.5) is 0 Å². The molecule has 0 aromatic heterocycles. The highest BCUT2D eigenvalue weighted by Crippen LogP contribution is 2.25. The molecule has 0 saturated heterocycles. The summed E-state index contributed by atoms with van der Waals surface area (Å²) in [6.07, 6.45) is 43.3. The first-order chi connectivity index (χ1) is 31.9. The third kappa shape index (κ3) is 34.8. The Hall–Kier alpha value is -0.440. The normalized spacial score (nSPS) is 12.4. The standard InChI is InChI=1S/C58H118N4O2S2/c1-11-61(53(3)4,54(5)6)49-41-33-29-25-21-17-13-15-19-23-27-31-37-45-57(63)59-47-39-35-43-51-65-66-52-44-36-40-48-60-58(64)46-38-32-28-24-20-16-14-18-22-26-30-34-42-50-62(12-2,55(7)8)56(9)10/h53-56H,11-52H2,1-10H3/p+2. The zero-order valence-corrected chi connectivity index (χ0v) is 48.2. The maximum atomic E-state index is 12.2. The number of hydrogen-bond acceptors (Lipinski definition) is 4. The first kappa shape index (κ1) is 65.6. The maximum Gasteiger partial charge on any atom is 0.219 e. The minimum atomic E-state index is 0.248. The van der Waals surface area contributed by atoms with Crippen LogP contribution < -0.4 is 10.6 Å². The van der Waals surface area contributed by atoms with E-state index in [4.69, 9.17) is 0 Å². The lowest BCUT2D eigenvalue weighted by Crippen LogP contribution is -2.58. The van der Waals surface area contributed by atoms with Crippen molar-refractivity contribution in [1.29, 1.82) is 0 Å². The van der Waals surface area contributed by atoms with Crippen molar-refractivity contribution in [3.05, 3.63) is 0 Å². The zero-order chi connectivity index (χ0) is 49.0. The molecule has 0 aliphatic rings. The molecule has 66 heavy (non-hydrogen) atoms. The molecule has 0 rings (SSSR count). The molecule has 0 fully saturated rings. The molecule has 0 saturated carbocycles. The summed E-state index contributed by atoms with van der Waals surface area (Å²) < 4.78 is 2.55. The number of nitrogens with one attached hydrogen (secondary N) is 2. The van der Waals surface area contributed by atoms with Crippen LogP contribution in [0.3, 0.4) is 0 Å². The fourth-order valence-corrected chi connectivity index (χ4v) is 13.2. The van der Waals surface area contributed by atoms with Gasteiger partial charge in [0, 0.05) is 37.4 Å². The van der Waals surface area contributed by atoms with E-state index in [1.165, 1.54) is 226 Å². The van der Waals surface area contributed by atoms with E-state index in [0.717, 1.165) is 62.9 Å². The number of rotatable bonds is 51. The van der Waals surface area contributed by atoms with Gasteiger partial charge in [-0.25, -0.2) is 0 Å². The van der Waals surface area contributed by atoms with Crippen LogP contribution >= 0.6 is 21.6 Å². The Labute approximate surface area is 423 Å². The van der Waals surface area contributed by atoms with Crippen molar-refractivity contribution in [1.82, 2.24) is 10.6 Å². The minimum Gasteiger partial charge on any atom is -0.356 e. The number of quaternary nitrogens is 2. The predicted molar refractivity (Wildman–Crippen MR) is 300 cm³/mol. The fraction of sp³-hybridized carbons (Fsp3) is 0.966. The van der Waals surface area contributed by atoms with E-state index in [-0.39, 0.29) is 11.8 Å². The van der Waals surface area contributed by atoms with Gasteiger partial charge in [-0.05, 0) is 133 Å². The molecule has 6 nitrogen and oxygen atoms in total. The van der Waals surface area contributed by atoms with Crippen LogP contribution in [0.25, 0.3) is 0 Å². The maximum absolute atomic E-state index is 12.2. The summed E-state index contributed by atoms with van der Waals surface area (Å²) in [6.45, 7) is 30.9. The van der Waals surface area contributed by atoms with Crippen LogP contribution in [-0.4, -0.2) is 95.7 Å². The molecule has 0 radical (unpaired) electrons. The van der Waals surface area contributed by atoms with Gasteiger partial charge in [-0.1, -0.05) is 163 Å². The van der Waals surface area contributed by atoms with Gasteiger partial charge >= 0.3 is 0 Å². The van der Waals surface area contributed by atoms with Crippen molar-refractivity contribution in [3.63, 3.8) is 0 Å². The van der Waals surface area contributed by atoms with Gasteiger partial charge in [0.1, 0.15) is 0 Å². The molecule has 394 valence electrons. The van der Waals surface area contributed by atoms with Crippen molar-refractivity contribution >= 4 is 33.4 Å². The molecular formula is C58H120N4O2S2+2. The number of hydrogen-bond donors (Lipinski definition) is 2. The molecular weight excluding hydrogens is 849 g/mol. The smallest absolute Gasteiger partial charge is 0.219 e. The van der Waals surface area contributed by atoms with E-state index in [0.29, 0.717) is 12.8 Å². The van der Waals surface area contributed by atoms with Crippen molar-refractivity contribution in [2.45, 2.75) is 312 Å². The number of nitrogens with zero attached hydrogens (tertiary/aromatic N) is 2. The van der Waals surface area contributed by atoms with Crippen LogP contribution in [-0.2, 0) is 9.59 Å². The number of carbonyl (C=O) groups is 2. The summed E-state index contributed by atoms with van der Waals surface area (Å²) in [5.74, 6) is 2.89. The molecule has 8 heteroatoms. The van der Waals surface area contributed by atoms with E-state index in [1.807, 2.05) is 21.6 Å². The van der Waals surface area contributed by atoms with E-state index >= 15 is 0 Å². The summed E-state index contributed by atoms with van der Waals surface area (Å²) >= 11 is 0. The SMILES string of the molecule is CC[N+](CCCCCCCCCCCCCCCC(=O)NCCCCCSSCCCCCNC(=O)CCCCCCCCCCCCCCC[N+](CC)(C(C)C)C(C)C)(C(C)C)C(C)C. The number of carbonyl (C=O) groups excluding carboxylic acids is 2. The lowest BCUT2D eigenvalue weighted by atomic mass is 10.0. The van der Waals surface area contributed by atoms with Crippen molar-refractivity contribution < 1.29 is 18.6 Å². The van der Waals surface area contributed by atoms with Crippen LogP contribution in [0.15, 0.2) is 0 Å². The zero-order valence-electron chi connectivity index (χ0n) is 46.5. The molecule has 2 N–H and O–H groups in total. The average Bonchev–Trinajstić information content (AvgIpc) is 3.28. The van der Waals surface area contributed by atoms with Gasteiger partial charge in [0.25, 0.3) is 0 Å². The van der Waals surface area contributed by atoms with Crippen molar-refractivity contribution in [2.24, 2.45) is 0 Å². The van der Waals surface area contributed by atoms with E-state index in [9.17, 15) is 9.59 Å². The molecule has 0 aromatic rings. The summed E-state index contributed by atoms with van der Waals surface area (Å²) in [7, 11) is 4.00. The highest BCUT2D eigenvalue weighted by Gasteiger charge is 2.33. The summed E-state index contributed by atoms with van der Waals surface area (Å²) in [5, 5.41) is 6.30. The lowest BCUT2D eigenvalue weighted by molar-refractivity contribution is -0.965. The van der Waals surface area contributed by atoms with Gasteiger partial charge in [-0.15, -0.1) is 0 Å². The molecule has 0 aliphatic heterocycles. The van der Waals surface area contributed by atoms with Gasteiger partial charge in [-0.3, -0.25) is 9.59 Å². The Morgan fingerprint density at radius 3 is 0.803 bits per heavy atom. The molecule has 0 aliphatic carbocycles. The van der Waals surface area contributed by atoms with Crippen LogP contribution in [0.5, 0.6) is 0 Å². The lowest BCUT2D eigenvalue weighted by Gasteiger charge is -2.45. The van der Waals surface area contributed by atoms with Crippen LogP contribution in [0.2, 0.25) is 0 Å². The first-order valence-electron chi connectivity index (χ1n) is 29.4. The second-order valence-electron chi connectivity index (χ2n) is 21.8. The van der Waals surface area contributed by atoms with Gasteiger partial charge in [0.15, 0.2) is 0 Å². The highest BCUT2D eigenvalue weighted by molar-refractivity contribution is 8.76. The van der Waals surface area contributed by atoms with Crippen molar-refractivity contribution in [3.8, 4) is 0 Å². The Kier molecular flexibility index (Phi) is 45.4. The molecule has 0 bridgehead atoms. The van der Waals surface area contributed by atoms with E-state index in [1.54, 1.807) is 0 Å². The van der Waals surface area contributed by atoms with Crippen LogP contribution in [0.1, 0.15) is 288 Å². The third-order valence-corrected chi connectivity index (χ3v) is 18.4. The summed E-state index contributed by atoms with van der Waals surface area (Å²) in [4.78, 5) is 24.5. The number of unbranched alkanes of at least 4 members (excludes halogenated alkanes) is 28. The quantitative estimate of drug-likeness (QED) is 0.0362. The molecule has 0 aromatic carbocycles. The molecule has 0 atom stereocenters. The van der Waals surface area contributed by atoms with Gasteiger partial charge in [-0.2, -0.15) is 0 Å². The van der Waals surface area contributed by atoms with Crippen molar-refractivity contribution in [2.75, 3.05) is 50.8 Å². The average molecular weight is 970 g/mol. The van der Waals surface area contributed by atoms with Gasteiger partial charge in [0.05, 0.1) is 50.3 Å². The summed E-state index contributed by atoms with van der Waals surface area (Å²) in [5.41, 5.74) is 0. The fourth-order valence-electron chi connectivity index (χ4n) is 11.0. The Balaban J connectivity index is 3.38. The minimum absolute atomic E-state index is 0.248. The largest absolute Gasteiger partial charge is 0.356 e. The second kappa shape index (κ2) is 45.7. The van der Waals surface area contributed by atoms with Crippen LogP contribution in [0, 0.1) is 0 Å². The predicted octanol–water partition coefficient (Wildman–Crippen LogP) is 17.2. The summed E-state index contributed by atoms with van der Waals surface area (Å²) in [6, 6.07) is 2.90. The Bertz CT molecular complexity index is 972. The second-order valence-corrected chi connectivity index (χ2v) is 24.5. The first-order valence-corrected chi connectivity index (χ1v) is 31.9. The third-order valence-electron chi connectivity index (χ3n) is 15.8. The van der Waals surface area contributed by atoms with E-state index < -0.39 is 0 Å². The van der Waals surface area contributed by atoms with E-state index in [2.05, 4.69) is 79.9 Å². The molecule has 0 unspecified atom stereocenters. The highest BCUT2D eigenvalue weighted by atomic mass is 33.1. The topological polar surface area (TPSA) is 58.2 Å². The Morgan fingerprint density at radius 2 is 0.561 bits per heavy atom. The molecule has 0 heterocycles. The monoisotopic (exact) mass is 969 g/mol. The molecule has 0 spiro atoms. The van der Waals surface area contributed by atoms with Gasteiger partial charge < -0.3 is 19.6 Å².